The highest BCUT2D eigenvalue weighted by Crippen LogP contribution is 2.26. The highest BCUT2D eigenvalue weighted by Gasteiger charge is 2.29. The first-order valence-electron chi connectivity index (χ1n) is 10.1. The Bertz CT molecular complexity index is 1370. The number of carbonyl (C=O) groups is 1. The van der Waals surface area contributed by atoms with E-state index in [1.54, 1.807) is 13.1 Å². The summed E-state index contributed by atoms with van der Waals surface area (Å²) in [4.78, 5) is 15.7. The fourth-order valence-electron chi connectivity index (χ4n) is 3.48. The maximum Gasteiger partial charge on any atom is 0.324 e. The third kappa shape index (κ3) is 4.71. The molecule has 0 fully saturated rings. The molecule has 4 aromatic rings. The van der Waals surface area contributed by atoms with Crippen LogP contribution in [0.5, 0.6) is 5.75 Å². The van der Waals surface area contributed by atoms with E-state index in [4.69, 9.17) is 9.47 Å². The quantitative estimate of drug-likeness (QED) is 0.352. The van der Waals surface area contributed by atoms with Crippen LogP contribution in [-0.4, -0.2) is 59.3 Å². The zero-order chi connectivity index (χ0) is 23.4. The molecule has 2 aromatic carbocycles. The number of H-pyrrole nitrogens is 1. The van der Waals surface area contributed by atoms with E-state index in [2.05, 4.69) is 25.2 Å². The van der Waals surface area contributed by atoms with Gasteiger partial charge in [0.05, 0.1) is 18.6 Å². The molecule has 0 saturated heterocycles. The molecule has 11 nitrogen and oxygen atoms in total. The molecule has 0 radical (unpaired) electrons. The van der Waals surface area contributed by atoms with E-state index in [9.17, 15) is 13.2 Å². The number of para-hydroxylation sites is 1. The minimum absolute atomic E-state index is 0.0815. The topological polar surface area (TPSA) is 141 Å². The van der Waals surface area contributed by atoms with Crippen LogP contribution in [0.4, 0.5) is 0 Å². The number of carbonyl (C=O) groups excluding carboxylic acids is 1. The van der Waals surface area contributed by atoms with Gasteiger partial charge in [-0.3, -0.25) is 4.79 Å². The Morgan fingerprint density at radius 2 is 2.06 bits per heavy atom. The Morgan fingerprint density at radius 3 is 2.79 bits per heavy atom. The second-order valence-electron chi connectivity index (χ2n) is 7.08. The molecule has 0 bridgehead atoms. The van der Waals surface area contributed by atoms with Crippen molar-refractivity contribution in [3.63, 3.8) is 0 Å². The van der Waals surface area contributed by atoms with Gasteiger partial charge >= 0.3 is 5.97 Å². The Hall–Kier alpha value is -3.77. The van der Waals surface area contributed by atoms with Gasteiger partial charge in [-0.2, -0.15) is 9.40 Å². The zero-order valence-electron chi connectivity index (χ0n) is 17.9. The minimum Gasteiger partial charge on any atom is -0.494 e. The number of fused-ring (bicyclic) bond motifs is 1. The molecule has 2 aromatic heterocycles. The zero-order valence-corrected chi connectivity index (χ0v) is 18.7. The van der Waals surface area contributed by atoms with Crippen LogP contribution in [0.25, 0.3) is 16.6 Å². The lowest BCUT2D eigenvalue weighted by molar-refractivity contribution is -0.145. The molecule has 2 N–H and O–H groups in total. The number of rotatable bonds is 9. The summed E-state index contributed by atoms with van der Waals surface area (Å²) < 4.78 is 40.7. The summed E-state index contributed by atoms with van der Waals surface area (Å²) in [7, 11) is -2.66. The van der Waals surface area contributed by atoms with Gasteiger partial charge in [-0.15, -0.1) is 5.10 Å². The van der Waals surface area contributed by atoms with Crippen LogP contribution in [0.2, 0.25) is 0 Å². The van der Waals surface area contributed by atoms with Crippen molar-refractivity contribution in [3.05, 3.63) is 60.6 Å². The number of tetrazole rings is 1. The van der Waals surface area contributed by atoms with Crippen molar-refractivity contribution in [3.8, 4) is 11.4 Å². The first-order valence-corrected chi connectivity index (χ1v) is 11.6. The van der Waals surface area contributed by atoms with Crippen LogP contribution in [0.1, 0.15) is 12.5 Å². The smallest absolute Gasteiger partial charge is 0.324 e. The molecule has 0 aliphatic carbocycles. The summed E-state index contributed by atoms with van der Waals surface area (Å²) in [5, 5.41) is 11.8. The molecule has 12 heteroatoms. The lowest BCUT2D eigenvalue weighted by atomic mass is 10.1. The molecule has 2 heterocycles. The van der Waals surface area contributed by atoms with Gasteiger partial charge in [-0.05, 0) is 47.2 Å². The van der Waals surface area contributed by atoms with Crippen molar-refractivity contribution in [2.45, 2.75) is 24.3 Å². The fourth-order valence-corrected chi connectivity index (χ4v) is 4.68. The molecule has 0 aliphatic heterocycles. The van der Waals surface area contributed by atoms with Crippen LogP contribution < -0.4 is 9.46 Å². The first kappa shape index (κ1) is 22.4. The number of nitrogens with zero attached hydrogens (tertiary/aromatic N) is 4. The highest BCUT2D eigenvalue weighted by atomic mass is 32.2. The Labute approximate surface area is 189 Å². The Balaban J connectivity index is 1.67. The summed E-state index contributed by atoms with van der Waals surface area (Å²) in [6.45, 7) is 1.79. The molecule has 1 atom stereocenters. The molecule has 172 valence electrons. The van der Waals surface area contributed by atoms with Crippen molar-refractivity contribution < 1.29 is 22.7 Å². The van der Waals surface area contributed by atoms with Gasteiger partial charge in [-0.25, -0.2) is 8.42 Å². The number of aromatic amines is 1. The number of hydrogen-bond donors (Lipinski definition) is 2. The van der Waals surface area contributed by atoms with E-state index in [-0.39, 0.29) is 17.9 Å². The van der Waals surface area contributed by atoms with Gasteiger partial charge in [-0.1, -0.05) is 18.2 Å². The lowest BCUT2D eigenvalue weighted by Gasteiger charge is -2.18. The van der Waals surface area contributed by atoms with E-state index < -0.39 is 22.0 Å². The van der Waals surface area contributed by atoms with Crippen LogP contribution in [-0.2, 0) is 26.0 Å². The average Bonchev–Trinajstić information content (AvgIpc) is 3.49. The van der Waals surface area contributed by atoms with Gasteiger partial charge in [0.1, 0.15) is 23.8 Å². The second kappa shape index (κ2) is 9.38. The van der Waals surface area contributed by atoms with Gasteiger partial charge < -0.3 is 14.5 Å². The molecule has 0 amide bonds. The van der Waals surface area contributed by atoms with E-state index in [0.717, 1.165) is 16.5 Å². The largest absolute Gasteiger partial charge is 0.494 e. The SMILES string of the molecule is CCOC(=O)[C@@H](Cc1c[nH]c2ccccc12)NS(=O)(=O)c1ccc(OC)c(-n2cnnn2)c1. The summed E-state index contributed by atoms with van der Waals surface area (Å²) in [6.07, 6.45) is 3.19. The van der Waals surface area contributed by atoms with Gasteiger partial charge in [0.2, 0.25) is 10.0 Å². The van der Waals surface area contributed by atoms with E-state index in [1.807, 2.05) is 24.3 Å². The van der Waals surface area contributed by atoms with E-state index >= 15 is 0 Å². The minimum atomic E-state index is -4.12. The molecule has 0 spiro atoms. The average molecular weight is 471 g/mol. The summed E-state index contributed by atoms with van der Waals surface area (Å²) >= 11 is 0. The number of hydrogen-bond acceptors (Lipinski definition) is 8. The highest BCUT2D eigenvalue weighted by molar-refractivity contribution is 7.89. The Kier molecular flexibility index (Phi) is 6.38. The summed E-state index contributed by atoms with van der Waals surface area (Å²) in [5.74, 6) is -0.289. The predicted octanol–water partition coefficient (Wildman–Crippen LogP) is 1.60. The number of methoxy groups -OCH3 is 1. The molecule has 4 rings (SSSR count). The molecular formula is C21H22N6O5S. The monoisotopic (exact) mass is 470 g/mol. The van der Waals surface area contributed by atoms with Gasteiger partial charge in [0.25, 0.3) is 0 Å². The van der Waals surface area contributed by atoms with Crippen molar-refractivity contribution in [1.82, 2.24) is 29.9 Å². The normalized spacial score (nSPS) is 12.5. The Morgan fingerprint density at radius 1 is 1.24 bits per heavy atom. The second-order valence-corrected chi connectivity index (χ2v) is 8.79. The maximum atomic E-state index is 13.2. The van der Waals surface area contributed by atoms with Crippen LogP contribution in [0.15, 0.2) is 59.9 Å². The summed E-state index contributed by atoms with van der Waals surface area (Å²) in [5.41, 5.74) is 2.00. The third-order valence-corrected chi connectivity index (χ3v) is 6.49. The van der Waals surface area contributed by atoms with Crippen molar-refractivity contribution >= 4 is 26.9 Å². The van der Waals surface area contributed by atoms with E-state index in [1.165, 1.54) is 36.3 Å². The van der Waals surface area contributed by atoms with Gasteiger partial charge in [0.15, 0.2) is 0 Å². The fraction of sp³-hybridized carbons (Fsp3) is 0.238. The summed E-state index contributed by atoms with van der Waals surface area (Å²) in [6, 6.07) is 10.7. The van der Waals surface area contributed by atoms with Crippen LogP contribution in [0, 0.1) is 0 Å². The number of benzene rings is 2. The molecule has 0 unspecified atom stereocenters. The lowest BCUT2D eigenvalue weighted by Crippen LogP contribution is -2.43. The predicted molar refractivity (Wildman–Crippen MR) is 118 cm³/mol. The number of nitrogens with one attached hydrogen (secondary N) is 2. The van der Waals surface area contributed by atoms with E-state index in [0.29, 0.717) is 11.4 Å². The number of sulfonamides is 1. The standard InChI is InChI=1S/C21H22N6O5S/c1-3-32-21(28)18(10-14-12-22-17-7-5-4-6-16(14)17)24-33(29,30)15-8-9-20(31-2)19(11-15)27-13-23-25-26-27/h4-9,11-13,18,22,24H,3,10H2,1-2H3/t18-/m1/s1. The van der Waals surface area contributed by atoms with Crippen LogP contribution in [0.3, 0.4) is 0 Å². The molecule has 0 aliphatic rings. The number of esters is 1. The molecule has 33 heavy (non-hydrogen) atoms. The van der Waals surface area contributed by atoms with Gasteiger partial charge in [0, 0.05) is 23.5 Å². The first-order chi connectivity index (χ1) is 15.9. The van der Waals surface area contributed by atoms with Crippen molar-refractivity contribution in [2.24, 2.45) is 0 Å². The van der Waals surface area contributed by atoms with Crippen molar-refractivity contribution in [1.29, 1.82) is 0 Å². The maximum absolute atomic E-state index is 13.2. The number of ether oxygens (including phenoxy) is 2. The third-order valence-electron chi connectivity index (χ3n) is 5.02. The molecule has 0 saturated carbocycles. The van der Waals surface area contributed by atoms with Crippen LogP contribution >= 0.6 is 0 Å². The van der Waals surface area contributed by atoms with Crippen molar-refractivity contribution in [2.75, 3.05) is 13.7 Å². The number of aromatic nitrogens is 5. The molecular weight excluding hydrogens is 448 g/mol.